The Morgan fingerprint density at radius 2 is 1.68 bits per heavy atom. The van der Waals surface area contributed by atoms with Gasteiger partial charge in [-0.1, -0.05) is 29.8 Å². The molecule has 1 amide bonds. The van der Waals surface area contributed by atoms with Gasteiger partial charge in [-0.2, -0.15) is 4.31 Å². The van der Waals surface area contributed by atoms with Gasteiger partial charge in [0, 0.05) is 32.2 Å². The lowest BCUT2D eigenvalue weighted by Crippen LogP contribution is -2.50. The molecule has 0 bridgehead atoms. The number of nitro benzene ring substituents is 1. The monoisotopic (exact) mass is 403 g/mol. The van der Waals surface area contributed by atoms with Gasteiger partial charge in [0.25, 0.3) is 11.6 Å². The minimum atomic E-state index is -3.66. The number of nitro groups is 1. The van der Waals surface area contributed by atoms with Gasteiger partial charge >= 0.3 is 0 Å². The topological polar surface area (TPSA) is 101 Å². The molecule has 1 aliphatic heterocycles. The largest absolute Gasteiger partial charge is 0.336 e. The number of hydrogen-bond donors (Lipinski definition) is 0. The molecule has 148 valence electrons. The fourth-order valence-corrected chi connectivity index (χ4v) is 4.97. The second-order valence-electron chi connectivity index (χ2n) is 6.74. The summed E-state index contributed by atoms with van der Waals surface area (Å²) in [5.41, 5.74) is 1.42. The Hall–Kier alpha value is -2.78. The third-order valence-corrected chi connectivity index (χ3v) is 6.86. The zero-order chi connectivity index (χ0) is 20.5. The molecule has 1 heterocycles. The van der Waals surface area contributed by atoms with Gasteiger partial charge in [-0.15, -0.1) is 0 Å². The molecule has 1 aliphatic rings. The van der Waals surface area contributed by atoms with E-state index in [1.54, 1.807) is 25.1 Å². The third kappa shape index (κ3) is 3.76. The maximum atomic E-state index is 12.9. The highest BCUT2D eigenvalue weighted by molar-refractivity contribution is 7.89. The van der Waals surface area contributed by atoms with Crippen LogP contribution in [0.2, 0.25) is 0 Å². The highest BCUT2D eigenvalue weighted by atomic mass is 32.2. The molecule has 0 spiro atoms. The van der Waals surface area contributed by atoms with Crippen LogP contribution in [0.1, 0.15) is 21.5 Å². The summed E-state index contributed by atoms with van der Waals surface area (Å²) in [4.78, 5) is 25.0. The fourth-order valence-electron chi connectivity index (χ4n) is 3.34. The second-order valence-corrected chi connectivity index (χ2v) is 8.65. The summed E-state index contributed by atoms with van der Waals surface area (Å²) in [6.45, 7) is 4.29. The van der Waals surface area contributed by atoms with E-state index in [0.29, 0.717) is 5.56 Å². The number of rotatable bonds is 4. The summed E-state index contributed by atoms with van der Waals surface area (Å²) in [6, 6.07) is 11.0. The van der Waals surface area contributed by atoms with E-state index in [1.807, 2.05) is 13.0 Å². The SMILES string of the molecule is Cc1ccc(S(=O)(=O)N2CCN(C(=O)c3ccccc3[N+](=O)[O-])CC2)c(C)c1. The van der Waals surface area contributed by atoms with Crippen molar-refractivity contribution in [1.29, 1.82) is 0 Å². The van der Waals surface area contributed by atoms with Crippen LogP contribution in [0.4, 0.5) is 5.69 Å². The molecule has 0 radical (unpaired) electrons. The summed E-state index contributed by atoms with van der Waals surface area (Å²) >= 11 is 0. The standard InChI is InChI=1S/C19H21N3O5S/c1-14-7-8-18(15(2)13-14)28(26,27)21-11-9-20(10-12-21)19(23)16-5-3-4-6-17(16)22(24)25/h3-8,13H,9-12H2,1-2H3. The fraction of sp³-hybridized carbons (Fsp3) is 0.316. The molecule has 1 saturated heterocycles. The maximum Gasteiger partial charge on any atom is 0.282 e. The van der Waals surface area contributed by atoms with Crippen molar-refractivity contribution >= 4 is 21.6 Å². The average molecular weight is 403 g/mol. The number of sulfonamides is 1. The number of carbonyl (C=O) groups is 1. The van der Waals surface area contributed by atoms with E-state index in [2.05, 4.69) is 0 Å². The lowest BCUT2D eigenvalue weighted by molar-refractivity contribution is -0.385. The van der Waals surface area contributed by atoms with E-state index in [4.69, 9.17) is 0 Å². The molecule has 0 atom stereocenters. The molecule has 1 fully saturated rings. The molecular formula is C19H21N3O5S. The van der Waals surface area contributed by atoms with Gasteiger partial charge in [0.05, 0.1) is 9.82 Å². The zero-order valence-corrected chi connectivity index (χ0v) is 16.5. The smallest absolute Gasteiger partial charge is 0.282 e. The van der Waals surface area contributed by atoms with Crippen molar-refractivity contribution in [1.82, 2.24) is 9.21 Å². The van der Waals surface area contributed by atoms with Crippen molar-refractivity contribution in [3.05, 3.63) is 69.3 Å². The quantitative estimate of drug-likeness (QED) is 0.576. The first-order valence-electron chi connectivity index (χ1n) is 8.82. The lowest BCUT2D eigenvalue weighted by Gasteiger charge is -2.34. The minimum Gasteiger partial charge on any atom is -0.336 e. The van der Waals surface area contributed by atoms with E-state index in [0.717, 1.165) is 5.56 Å². The first-order chi connectivity index (χ1) is 13.2. The van der Waals surface area contributed by atoms with Gasteiger partial charge in [0.1, 0.15) is 5.56 Å². The molecule has 0 aromatic heterocycles. The minimum absolute atomic E-state index is 0.0122. The summed E-state index contributed by atoms with van der Waals surface area (Å²) in [7, 11) is -3.66. The van der Waals surface area contributed by atoms with Gasteiger partial charge in [-0.25, -0.2) is 8.42 Å². The molecule has 0 aliphatic carbocycles. The Balaban J connectivity index is 1.76. The molecule has 28 heavy (non-hydrogen) atoms. The molecule has 2 aromatic carbocycles. The van der Waals surface area contributed by atoms with Crippen LogP contribution in [-0.4, -0.2) is 54.6 Å². The molecule has 0 N–H and O–H groups in total. The normalized spacial score (nSPS) is 15.4. The molecule has 3 rings (SSSR count). The number of amides is 1. The van der Waals surface area contributed by atoms with Gasteiger partial charge in [-0.3, -0.25) is 14.9 Å². The van der Waals surface area contributed by atoms with Gasteiger partial charge in [0.15, 0.2) is 0 Å². The zero-order valence-electron chi connectivity index (χ0n) is 15.7. The first-order valence-corrected chi connectivity index (χ1v) is 10.3. The third-order valence-electron chi connectivity index (χ3n) is 4.81. The Bertz CT molecular complexity index is 1030. The number of carbonyl (C=O) groups excluding carboxylic acids is 1. The van der Waals surface area contributed by atoms with E-state index in [9.17, 15) is 23.3 Å². The summed E-state index contributed by atoms with van der Waals surface area (Å²) < 4.78 is 27.2. The molecule has 9 heteroatoms. The van der Waals surface area contributed by atoms with Crippen LogP contribution < -0.4 is 0 Å². The maximum absolute atomic E-state index is 12.9. The second kappa shape index (κ2) is 7.69. The molecular weight excluding hydrogens is 382 g/mol. The van der Waals surface area contributed by atoms with Crippen molar-refractivity contribution in [2.45, 2.75) is 18.7 Å². The van der Waals surface area contributed by atoms with Gasteiger partial charge in [0.2, 0.25) is 10.0 Å². The molecule has 8 nitrogen and oxygen atoms in total. The van der Waals surface area contributed by atoms with Gasteiger partial charge in [-0.05, 0) is 31.5 Å². The van der Waals surface area contributed by atoms with Crippen LogP contribution in [0.5, 0.6) is 0 Å². The highest BCUT2D eigenvalue weighted by Crippen LogP contribution is 2.24. The van der Waals surface area contributed by atoms with Crippen molar-refractivity contribution in [3.8, 4) is 0 Å². The van der Waals surface area contributed by atoms with Crippen molar-refractivity contribution in [3.63, 3.8) is 0 Å². The van der Waals surface area contributed by atoms with E-state index in [-0.39, 0.29) is 42.3 Å². The molecule has 0 unspecified atom stereocenters. The Morgan fingerprint density at radius 1 is 1.04 bits per heavy atom. The van der Waals surface area contributed by atoms with E-state index >= 15 is 0 Å². The van der Waals surface area contributed by atoms with Crippen LogP contribution >= 0.6 is 0 Å². The highest BCUT2D eigenvalue weighted by Gasteiger charge is 2.32. The number of nitrogens with zero attached hydrogens (tertiary/aromatic N) is 3. The molecule has 0 saturated carbocycles. The Kier molecular flexibility index (Phi) is 5.48. The number of hydrogen-bond acceptors (Lipinski definition) is 5. The first kappa shape index (κ1) is 20.0. The van der Waals surface area contributed by atoms with Crippen molar-refractivity contribution < 1.29 is 18.1 Å². The van der Waals surface area contributed by atoms with Crippen LogP contribution in [0.15, 0.2) is 47.4 Å². The number of benzene rings is 2. The number of aryl methyl sites for hydroxylation is 2. The average Bonchev–Trinajstić information content (AvgIpc) is 2.67. The van der Waals surface area contributed by atoms with Crippen LogP contribution in [0.25, 0.3) is 0 Å². The summed E-state index contributed by atoms with van der Waals surface area (Å²) in [6.07, 6.45) is 0. The summed E-state index contributed by atoms with van der Waals surface area (Å²) in [5.74, 6) is -0.462. The predicted molar refractivity (Wildman–Crippen MR) is 104 cm³/mol. The number of piperazine rings is 1. The number of para-hydroxylation sites is 1. The van der Waals surface area contributed by atoms with Crippen LogP contribution in [0.3, 0.4) is 0 Å². The van der Waals surface area contributed by atoms with E-state index < -0.39 is 20.9 Å². The van der Waals surface area contributed by atoms with E-state index in [1.165, 1.54) is 27.4 Å². The van der Waals surface area contributed by atoms with Crippen molar-refractivity contribution in [2.75, 3.05) is 26.2 Å². The van der Waals surface area contributed by atoms with Crippen molar-refractivity contribution in [2.24, 2.45) is 0 Å². The van der Waals surface area contributed by atoms with Crippen LogP contribution in [-0.2, 0) is 10.0 Å². The predicted octanol–water partition coefficient (Wildman–Crippen LogP) is 2.36. The van der Waals surface area contributed by atoms with Crippen LogP contribution in [0, 0.1) is 24.0 Å². The lowest BCUT2D eigenvalue weighted by atomic mass is 10.1. The Labute approximate surface area is 163 Å². The summed E-state index contributed by atoms with van der Waals surface area (Å²) in [5, 5.41) is 11.2. The van der Waals surface area contributed by atoms with Gasteiger partial charge < -0.3 is 4.90 Å². The molecule has 2 aromatic rings. The Morgan fingerprint density at radius 3 is 2.29 bits per heavy atom.